The second-order valence-corrected chi connectivity index (χ2v) is 15.4. The first-order valence-corrected chi connectivity index (χ1v) is 22.5. The molecule has 0 heterocycles. The molecule has 0 radical (unpaired) electrons. The van der Waals surface area contributed by atoms with Gasteiger partial charge in [0, 0.05) is 12.1 Å². The molecule has 314 valence electrons. The Morgan fingerprint density at radius 2 is 0.964 bits per heavy atom. The van der Waals surface area contributed by atoms with Gasteiger partial charge in [-0.05, 0) is 122 Å². The predicted molar refractivity (Wildman–Crippen MR) is 236 cm³/mol. The summed E-state index contributed by atoms with van der Waals surface area (Å²) in [6.07, 6.45) is 48.2. The van der Waals surface area contributed by atoms with E-state index >= 15 is 0 Å². The van der Waals surface area contributed by atoms with Crippen molar-refractivity contribution in [1.82, 2.24) is 4.90 Å². The molecule has 55 heavy (non-hydrogen) atoms. The first-order valence-electron chi connectivity index (χ1n) is 22.5. The van der Waals surface area contributed by atoms with Crippen LogP contribution in [0.25, 0.3) is 0 Å². The highest BCUT2D eigenvalue weighted by Crippen LogP contribution is 2.26. The van der Waals surface area contributed by atoms with E-state index in [1.165, 1.54) is 128 Å². The van der Waals surface area contributed by atoms with E-state index in [2.05, 4.69) is 79.5 Å². The molecule has 0 fully saturated rings. The zero-order chi connectivity index (χ0) is 39.9. The van der Waals surface area contributed by atoms with Crippen LogP contribution in [0.4, 0.5) is 4.79 Å². The lowest BCUT2D eigenvalue weighted by molar-refractivity contribution is 0.0829. The molecule has 1 rings (SSSR count). The quantitative estimate of drug-likeness (QED) is 0.0411. The summed E-state index contributed by atoms with van der Waals surface area (Å²) >= 11 is 0. The molecule has 0 spiro atoms. The SMILES string of the molecule is CCCCC/C=C\C/C=C\CCCCCCCCOc1cc(CC(CCOC(=O)O)N(C)C)cc(OCCCCCCCC/C=C\C/C=C\CCCCC)c1. The van der Waals surface area contributed by atoms with Gasteiger partial charge in [0.25, 0.3) is 0 Å². The summed E-state index contributed by atoms with van der Waals surface area (Å²) in [5.41, 5.74) is 1.13. The maximum atomic E-state index is 10.9. The van der Waals surface area contributed by atoms with Crippen molar-refractivity contribution in [3.8, 4) is 11.5 Å². The Morgan fingerprint density at radius 1 is 0.564 bits per heavy atom. The zero-order valence-electron chi connectivity index (χ0n) is 36.0. The smallest absolute Gasteiger partial charge is 0.493 e. The molecule has 6 heteroatoms. The number of ether oxygens (including phenoxy) is 3. The van der Waals surface area contributed by atoms with E-state index in [-0.39, 0.29) is 12.6 Å². The van der Waals surface area contributed by atoms with E-state index in [1.54, 1.807) is 0 Å². The number of unbranched alkanes of at least 4 members (excludes halogenated alkanes) is 18. The minimum Gasteiger partial charge on any atom is -0.493 e. The topological polar surface area (TPSA) is 68.2 Å². The molecule has 0 aliphatic rings. The van der Waals surface area contributed by atoms with Gasteiger partial charge in [-0.15, -0.1) is 0 Å². The van der Waals surface area contributed by atoms with Crippen molar-refractivity contribution in [2.45, 2.75) is 187 Å². The molecule has 1 N–H and O–H groups in total. The van der Waals surface area contributed by atoms with Gasteiger partial charge in [0.2, 0.25) is 0 Å². The van der Waals surface area contributed by atoms with Crippen LogP contribution in [-0.2, 0) is 11.2 Å². The van der Waals surface area contributed by atoms with Crippen LogP contribution in [0.1, 0.15) is 180 Å². The van der Waals surface area contributed by atoms with E-state index in [0.29, 0.717) is 19.6 Å². The highest BCUT2D eigenvalue weighted by atomic mass is 16.7. The van der Waals surface area contributed by atoms with Gasteiger partial charge in [-0.2, -0.15) is 0 Å². The monoisotopic (exact) mass is 766 g/mol. The van der Waals surface area contributed by atoms with E-state index in [9.17, 15) is 4.79 Å². The average molecular weight is 766 g/mol. The van der Waals surface area contributed by atoms with Crippen molar-refractivity contribution in [3.63, 3.8) is 0 Å². The minimum atomic E-state index is -1.23. The highest BCUT2D eigenvalue weighted by Gasteiger charge is 2.15. The number of benzene rings is 1. The molecule has 0 saturated heterocycles. The Hall–Kier alpha value is -2.99. The molecular weight excluding hydrogens is 683 g/mol. The van der Waals surface area contributed by atoms with Crippen LogP contribution in [0, 0.1) is 0 Å². The Balaban J connectivity index is 2.41. The normalized spacial score (nSPS) is 12.6. The van der Waals surface area contributed by atoms with E-state index in [1.807, 2.05) is 20.2 Å². The third-order valence-electron chi connectivity index (χ3n) is 10.0. The van der Waals surface area contributed by atoms with Gasteiger partial charge in [0.15, 0.2) is 0 Å². The Labute approximate surface area is 338 Å². The largest absolute Gasteiger partial charge is 0.505 e. The van der Waals surface area contributed by atoms with Gasteiger partial charge in [0.1, 0.15) is 11.5 Å². The number of rotatable bonds is 38. The van der Waals surface area contributed by atoms with Crippen LogP contribution < -0.4 is 9.47 Å². The second-order valence-electron chi connectivity index (χ2n) is 15.4. The van der Waals surface area contributed by atoms with Crippen LogP contribution in [0.3, 0.4) is 0 Å². The molecule has 0 aliphatic carbocycles. The van der Waals surface area contributed by atoms with Crippen LogP contribution in [-0.4, -0.2) is 56.1 Å². The summed E-state index contributed by atoms with van der Waals surface area (Å²) in [7, 11) is 4.06. The molecule has 1 atom stereocenters. The summed E-state index contributed by atoms with van der Waals surface area (Å²) in [5, 5.41) is 8.93. The second kappa shape index (κ2) is 37.9. The molecule has 0 amide bonds. The molecule has 0 bridgehead atoms. The average Bonchev–Trinajstić information content (AvgIpc) is 3.16. The van der Waals surface area contributed by atoms with E-state index in [4.69, 9.17) is 19.3 Å². The van der Waals surface area contributed by atoms with Crippen LogP contribution in [0.2, 0.25) is 0 Å². The Bertz CT molecular complexity index is 1070. The van der Waals surface area contributed by atoms with Gasteiger partial charge in [-0.3, -0.25) is 0 Å². The fraction of sp³-hybridized carbons (Fsp3) is 0.694. The summed E-state index contributed by atoms with van der Waals surface area (Å²) < 4.78 is 17.4. The van der Waals surface area contributed by atoms with Crippen LogP contribution in [0.5, 0.6) is 11.5 Å². The molecule has 1 aromatic carbocycles. The lowest BCUT2D eigenvalue weighted by atomic mass is 10.0. The molecule has 1 unspecified atom stereocenters. The van der Waals surface area contributed by atoms with Gasteiger partial charge in [0.05, 0.1) is 19.8 Å². The summed E-state index contributed by atoms with van der Waals surface area (Å²) in [5.74, 6) is 1.71. The summed E-state index contributed by atoms with van der Waals surface area (Å²) in [6.45, 7) is 6.09. The van der Waals surface area contributed by atoms with Crippen molar-refractivity contribution < 1.29 is 24.1 Å². The lowest BCUT2D eigenvalue weighted by Gasteiger charge is -2.24. The molecular formula is C49H83NO5. The Morgan fingerprint density at radius 3 is 1.36 bits per heavy atom. The Kier molecular flexibility index (Phi) is 34.5. The van der Waals surface area contributed by atoms with E-state index < -0.39 is 6.16 Å². The fourth-order valence-corrected chi connectivity index (χ4v) is 6.57. The number of hydrogen-bond donors (Lipinski definition) is 1. The summed E-state index contributed by atoms with van der Waals surface area (Å²) in [4.78, 5) is 13.0. The predicted octanol–water partition coefficient (Wildman–Crippen LogP) is 14.6. The van der Waals surface area contributed by atoms with Crippen molar-refractivity contribution in [3.05, 3.63) is 72.4 Å². The molecule has 0 aromatic heterocycles. The fourth-order valence-electron chi connectivity index (χ4n) is 6.57. The highest BCUT2D eigenvalue weighted by molar-refractivity contribution is 5.56. The maximum Gasteiger partial charge on any atom is 0.505 e. The number of hydrogen-bond acceptors (Lipinski definition) is 5. The van der Waals surface area contributed by atoms with Crippen molar-refractivity contribution in [1.29, 1.82) is 0 Å². The lowest BCUT2D eigenvalue weighted by Crippen LogP contribution is -2.31. The van der Waals surface area contributed by atoms with Crippen LogP contribution in [0.15, 0.2) is 66.8 Å². The number of carbonyl (C=O) groups is 1. The number of carboxylic acid groups (broad SMARTS) is 1. The molecule has 1 aromatic rings. The third kappa shape index (κ3) is 32.9. The van der Waals surface area contributed by atoms with E-state index in [0.717, 1.165) is 49.2 Å². The molecule has 6 nitrogen and oxygen atoms in total. The maximum absolute atomic E-state index is 10.9. The summed E-state index contributed by atoms with van der Waals surface area (Å²) in [6, 6.07) is 6.42. The third-order valence-corrected chi connectivity index (χ3v) is 10.0. The van der Waals surface area contributed by atoms with Crippen molar-refractivity contribution in [2.75, 3.05) is 33.9 Å². The van der Waals surface area contributed by atoms with Crippen molar-refractivity contribution >= 4 is 6.16 Å². The molecule has 0 saturated carbocycles. The van der Waals surface area contributed by atoms with Gasteiger partial charge < -0.3 is 24.2 Å². The number of likely N-dealkylation sites (N-methyl/N-ethyl adjacent to an activating group) is 1. The van der Waals surface area contributed by atoms with Gasteiger partial charge in [-0.25, -0.2) is 4.79 Å². The first kappa shape index (κ1) is 50.0. The standard InChI is InChI=1S/C49H83NO5/c1-5-7-9-11-13-15-17-19-21-23-25-27-29-31-33-35-38-53-47-42-45(41-46(50(3)4)37-40-55-49(51)52)43-48(44-47)54-39-36-34-32-30-28-26-24-22-20-18-16-14-12-10-8-6-2/h13-16,19-22,42-44,46H,5-12,17-18,23-41H2,1-4H3,(H,51,52)/b15-13-,16-14-,21-19-,22-20-. The molecule has 0 aliphatic heterocycles. The van der Waals surface area contributed by atoms with Crippen LogP contribution >= 0.6 is 0 Å². The van der Waals surface area contributed by atoms with Gasteiger partial charge >= 0.3 is 6.16 Å². The first-order chi connectivity index (χ1) is 27.0. The van der Waals surface area contributed by atoms with Gasteiger partial charge in [-0.1, -0.05) is 140 Å². The zero-order valence-corrected chi connectivity index (χ0v) is 36.0. The minimum absolute atomic E-state index is 0.141. The number of nitrogens with zero attached hydrogens (tertiary/aromatic N) is 1. The number of allylic oxidation sites excluding steroid dienone is 8. The van der Waals surface area contributed by atoms with Crippen molar-refractivity contribution in [2.24, 2.45) is 0 Å².